The SMILES string of the molecule is COCc1cc(C(=O)Nc2ccc(CC(C)C(=O)O)cc2)no1. The maximum absolute atomic E-state index is 12.0. The number of carboxylic acid groups (broad SMARTS) is 1. The van der Waals surface area contributed by atoms with Gasteiger partial charge >= 0.3 is 5.97 Å². The summed E-state index contributed by atoms with van der Waals surface area (Å²) in [6.07, 6.45) is 0.438. The highest BCUT2D eigenvalue weighted by Crippen LogP contribution is 2.15. The minimum Gasteiger partial charge on any atom is -0.481 e. The summed E-state index contributed by atoms with van der Waals surface area (Å²) in [6, 6.07) is 8.53. The Morgan fingerprint density at radius 1 is 1.35 bits per heavy atom. The monoisotopic (exact) mass is 318 g/mol. The molecular weight excluding hydrogens is 300 g/mol. The van der Waals surface area contributed by atoms with Gasteiger partial charge in [0.25, 0.3) is 5.91 Å². The molecule has 1 aromatic carbocycles. The van der Waals surface area contributed by atoms with Crippen molar-refractivity contribution in [2.45, 2.75) is 20.0 Å². The highest BCUT2D eigenvalue weighted by Gasteiger charge is 2.14. The summed E-state index contributed by atoms with van der Waals surface area (Å²) in [5, 5.41) is 15.3. The van der Waals surface area contributed by atoms with E-state index in [-0.39, 0.29) is 18.2 Å². The van der Waals surface area contributed by atoms with Gasteiger partial charge in [-0.05, 0) is 24.1 Å². The molecular formula is C16H18N2O5. The van der Waals surface area contributed by atoms with Crippen LogP contribution in [-0.2, 0) is 22.6 Å². The number of hydrogen-bond acceptors (Lipinski definition) is 5. The molecule has 0 radical (unpaired) electrons. The second kappa shape index (κ2) is 7.55. The first-order chi connectivity index (χ1) is 11.0. The van der Waals surface area contributed by atoms with Crippen molar-refractivity contribution in [3.8, 4) is 0 Å². The normalized spacial score (nSPS) is 11.9. The van der Waals surface area contributed by atoms with Crippen LogP contribution in [-0.4, -0.2) is 29.2 Å². The molecule has 1 atom stereocenters. The average molecular weight is 318 g/mol. The molecule has 0 saturated heterocycles. The Morgan fingerprint density at radius 2 is 2.04 bits per heavy atom. The molecule has 122 valence electrons. The van der Waals surface area contributed by atoms with Gasteiger partial charge in [0, 0.05) is 18.9 Å². The average Bonchev–Trinajstić information content (AvgIpc) is 2.98. The molecule has 2 aromatic rings. The van der Waals surface area contributed by atoms with E-state index in [9.17, 15) is 9.59 Å². The molecule has 0 fully saturated rings. The third kappa shape index (κ3) is 4.65. The van der Waals surface area contributed by atoms with Crippen molar-refractivity contribution >= 4 is 17.6 Å². The molecule has 0 saturated carbocycles. The molecule has 0 bridgehead atoms. The Hall–Kier alpha value is -2.67. The van der Waals surface area contributed by atoms with Gasteiger partial charge < -0.3 is 19.7 Å². The van der Waals surface area contributed by atoms with Gasteiger partial charge in [-0.1, -0.05) is 24.2 Å². The maximum Gasteiger partial charge on any atom is 0.306 e. The summed E-state index contributed by atoms with van der Waals surface area (Å²) < 4.78 is 9.85. The summed E-state index contributed by atoms with van der Waals surface area (Å²) in [5.41, 5.74) is 1.65. The van der Waals surface area contributed by atoms with Gasteiger partial charge in [-0.2, -0.15) is 0 Å². The lowest BCUT2D eigenvalue weighted by atomic mass is 10.0. The number of ether oxygens (including phenoxy) is 1. The predicted octanol–water partition coefficient (Wildman–Crippen LogP) is 2.34. The number of aliphatic carboxylic acids is 1. The van der Waals surface area contributed by atoms with Crippen molar-refractivity contribution in [1.82, 2.24) is 5.16 Å². The van der Waals surface area contributed by atoms with Crippen molar-refractivity contribution in [2.24, 2.45) is 5.92 Å². The molecule has 0 aliphatic heterocycles. The van der Waals surface area contributed by atoms with Crippen LogP contribution in [0.25, 0.3) is 0 Å². The second-order valence-corrected chi connectivity index (χ2v) is 5.21. The maximum atomic E-state index is 12.0. The summed E-state index contributed by atoms with van der Waals surface area (Å²) in [5.74, 6) is -1.21. The number of nitrogens with zero attached hydrogens (tertiary/aromatic N) is 1. The van der Waals surface area contributed by atoms with Gasteiger partial charge in [-0.25, -0.2) is 0 Å². The smallest absolute Gasteiger partial charge is 0.306 e. The number of anilines is 1. The number of nitrogens with one attached hydrogen (secondary N) is 1. The molecule has 1 unspecified atom stereocenters. The first kappa shape index (κ1) is 16.7. The minimum absolute atomic E-state index is 0.167. The van der Waals surface area contributed by atoms with E-state index in [0.717, 1.165) is 5.56 Å². The zero-order chi connectivity index (χ0) is 16.8. The van der Waals surface area contributed by atoms with E-state index >= 15 is 0 Å². The molecule has 0 aliphatic rings. The molecule has 2 N–H and O–H groups in total. The lowest BCUT2D eigenvalue weighted by molar-refractivity contribution is -0.141. The molecule has 0 spiro atoms. The number of amides is 1. The van der Waals surface area contributed by atoms with Gasteiger partial charge in [-0.3, -0.25) is 9.59 Å². The summed E-state index contributed by atoms with van der Waals surface area (Å²) in [7, 11) is 1.52. The number of rotatable bonds is 7. The number of hydrogen-bond donors (Lipinski definition) is 2. The second-order valence-electron chi connectivity index (χ2n) is 5.21. The van der Waals surface area contributed by atoms with Crippen LogP contribution in [0.15, 0.2) is 34.9 Å². The van der Waals surface area contributed by atoms with E-state index in [2.05, 4.69) is 10.5 Å². The van der Waals surface area contributed by atoms with Crippen molar-refractivity contribution in [1.29, 1.82) is 0 Å². The number of benzene rings is 1. The van der Waals surface area contributed by atoms with Crippen LogP contribution in [0.2, 0.25) is 0 Å². The van der Waals surface area contributed by atoms with Gasteiger partial charge in [0.15, 0.2) is 11.5 Å². The van der Waals surface area contributed by atoms with Crippen molar-refractivity contribution in [3.05, 3.63) is 47.3 Å². The number of carboxylic acids is 1. The Balaban J connectivity index is 1.97. The van der Waals surface area contributed by atoms with Gasteiger partial charge in [0.1, 0.15) is 6.61 Å². The molecule has 0 aliphatic carbocycles. The fraction of sp³-hybridized carbons (Fsp3) is 0.312. The van der Waals surface area contributed by atoms with Gasteiger partial charge in [0.05, 0.1) is 5.92 Å². The van der Waals surface area contributed by atoms with Crippen LogP contribution in [0.3, 0.4) is 0 Å². The molecule has 1 amide bonds. The third-order valence-electron chi connectivity index (χ3n) is 3.25. The number of aromatic nitrogens is 1. The van der Waals surface area contributed by atoms with Crippen LogP contribution < -0.4 is 5.32 Å². The van der Waals surface area contributed by atoms with Gasteiger partial charge in [0.2, 0.25) is 0 Å². The van der Waals surface area contributed by atoms with Crippen LogP contribution in [0, 0.1) is 5.92 Å². The third-order valence-corrected chi connectivity index (χ3v) is 3.25. The number of carbonyl (C=O) groups excluding carboxylic acids is 1. The molecule has 1 heterocycles. The lowest BCUT2D eigenvalue weighted by Crippen LogP contribution is -2.13. The van der Waals surface area contributed by atoms with E-state index in [0.29, 0.717) is 17.9 Å². The molecule has 1 aromatic heterocycles. The Morgan fingerprint density at radius 3 is 2.65 bits per heavy atom. The van der Waals surface area contributed by atoms with Crippen molar-refractivity contribution in [3.63, 3.8) is 0 Å². The lowest BCUT2D eigenvalue weighted by Gasteiger charge is -2.07. The first-order valence-corrected chi connectivity index (χ1v) is 7.07. The zero-order valence-electron chi connectivity index (χ0n) is 12.9. The van der Waals surface area contributed by atoms with E-state index in [1.807, 2.05) is 0 Å². The summed E-state index contributed by atoms with van der Waals surface area (Å²) >= 11 is 0. The van der Waals surface area contributed by atoms with Crippen LogP contribution in [0.1, 0.15) is 28.7 Å². The van der Waals surface area contributed by atoms with Crippen molar-refractivity contribution < 1.29 is 24.0 Å². The molecule has 2 rings (SSSR count). The molecule has 23 heavy (non-hydrogen) atoms. The largest absolute Gasteiger partial charge is 0.481 e. The standard InChI is InChI=1S/C16H18N2O5/c1-10(16(20)21)7-11-3-5-12(6-4-11)17-15(19)14-8-13(9-22-2)23-18-14/h3-6,8,10H,7,9H2,1-2H3,(H,17,19)(H,20,21). The van der Waals surface area contributed by atoms with Crippen LogP contribution >= 0.6 is 0 Å². The molecule has 7 heteroatoms. The quantitative estimate of drug-likeness (QED) is 0.812. The number of methoxy groups -OCH3 is 1. The topological polar surface area (TPSA) is 102 Å². The Labute approximate surface area is 133 Å². The van der Waals surface area contributed by atoms with E-state index in [1.165, 1.54) is 13.2 Å². The highest BCUT2D eigenvalue weighted by atomic mass is 16.5. The minimum atomic E-state index is -0.833. The Kier molecular flexibility index (Phi) is 5.48. The molecule has 7 nitrogen and oxygen atoms in total. The fourth-order valence-corrected chi connectivity index (χ4v) is 1.99. The van der Waals surface area contributed by atoms with Crippen molar-refractivity contribution in [2.75, 3.05) is 12.4 Å². The van der Waals surface area contributed by atoms with E-state index in [4.69, 9.17) is 14.4 Å². The van der Waals surface area contributed by atoms with E-state index in [1.54, 1.807) is 31.2 Å². The van der Waals surface area contributed by atoms with E-state index < -0.39 is 11.9 Å². The number of carbonyl (C=O) groups is 2. The summed E-state index contributed by atoms with van der Waals surface area (Å²) in [4.78, 5) is 22.9. The van der Waals surface area contributed by atoms with Gasteiger partial charge in [-0.15, -0.1) is 0 Å². The summed E-state index contributed by atoms with van der Waals surface area (Å²) in [6.45, 7) is 1.90. The fourth-order valence-electron chi connectivity index (χ4n) is 1.99. The van der Waals surface area contributed by atoms with Crippen LogP contribution in [0.5, 0.6) is 0 Å². The first-order valence-electron chi connectivity index (χ1n) is 7.07. The predicted molar refractivity (Wildman–Crippen MR) is 82.1 cm³/mol. The highest BCUT2D eigenvalue weighted by molar-refractivity contribution is 6.02. The Bertz CT molecular complexity index is 678. The zero-order valence-corrected chi connectivity index (χ0v) is 12.9. The van der Waals surface area contributed by atoms with Crippen LogP contribution in [0.4, 0.5) is 5.69 Å².